The zero-order valence-electron chi connectivity index (χ0n) is 9.43. The van der Waals surface area contributed by atoms with Gasteiger partial charge >= 0.3 is 5.97 Å². The Balaban J connectivity index is 2.47. The molecule has 3 nitrogen and oxygen atoms in total. The van der Waals surface area contributed by atoms with Crippen LogP contribution in [-0.4, -0.2) is 27.5 Å². The highest BCUT2D eigenvalue weighted by molar-refractivity contribution is 7.99. The highest BCUT2D eigenvalue weighted by Gasteiger charge is 2.11. The zero-order valence-corrected chi connectivity index (χ0v) is 10.3. The topological polar surface area (TPSA) is 57.5 Å². The van der Waals surface area contributed by atoms with Gasteiger partial charge in [0.15, 0.2) is 0 Å². The second-order valence-electron chi connectivity index (χ2n) is 4.24. The van der Waals surface area contributed by atoms with E-state index in [-0.39, 0.29) is 0 Å². The average Bonchev–Trinajstić information content (AvgIpc) is 2.16. The molecule has 0 heterocycles. The van der Waals surface area contributed by atoms with Crippen molar-refractivity contribution in [3.63, 3.8) is 0 Å². The summed E-state index contributed by atoms with van der Waals surface area (Å²) >= 11 is 1.61. The summed E-state index contributed by atoms with van der Waals surface area (Å²) < 4.78 is 0. The molecule has 2 N–H and O–H groups in total. The minimum Gasteiger partial charge on any atom is -0.478 e. The maximum atomic E-state index is 10.6. The van der Waals surface area contributed by atoms with Gasteiger partial charge in [0.25, 0.3) is 0 Å². The quantitative estimate of drug-likeness (QED) is 0.777. The van der Waals surface area contributed by atoms with Crippen molar-refractivity contribution in [1.29, 1.82) is 0 Å². The van der Waals surface area contributed by atoms with Crippen LogP contribution in [0.25, 0.3) is 0 Å². The molecule has 0 saturated heterocycles. The van der Waals surface area contributed by atoms with Crippen LogP contribution in [0, 0.1) is 0 Å². The van der Waals surface area contributed by atoms with E-state index in [1.54, 1.807) is 49.9 Å². The molecule has 88 valence electrons. The van der Waals surface area contributed by atoms with Gasteiger partial charge in [-0.2, -0.15) is 0 Å². The first kappa shape index (κ1) is 13.1. The number of hydrogen-bond donors (Lipinski definition) is 2. The number of carboxylic acids is 1. The Morgan fingerprint density at radius 1 is 1.31 bits per heavy atom. The summed E-state index contributed by atoms with van der Waals surface area (Å²) in [7, 11) is 0. The normalized spacial score (nSPS) is 11.4. The number of carbonyl (C=O) groups is 1. The van der Waals surface area contributed by atoms with Crippen LogP contribution in [0.5, 0.6) is 0 Å². The maximum absolute atomic E-state index is 10.6. The lowest BCUT2D eigenvalue weighted by Gasteiger charge is -2.16. The van der Waals surface area contributed by atoms with Crippen LogP contribution in [0.3, 0.4) is 0 Å². The molecule has 0 fully saturated rings. The Kier molecular flexibility index (Phi) is 4.38. The molecule has 0 aromatic heterocycles. The standard InChI is InChI=1S/C12H16O3S/c1-12(2,15)7-8-16-10-5-3-9(4-6-10)11(13)14/h3-6,15H,7-8H2,1-2H3,(H,13,14). The van der Waals surface area contributed by atoms with Gasteiger partial charge in [-0.05, 0) is 44.5 Å². The van der Waals surface area contributed by atoms with E-state index in [1.165, 1.54) is 0 Å². The number of rotatable bonds is 5. The largest absolute Gasteiger partial charge is 0.478 e. The van der Waals surface area contributed by atoms with Crippen LogP contribution in [0.4, 0.5) is 0 Å². The molecule has 1 aromatic carbocycles. The summed E-state index contributed by atoms with van der Waals surface area (Å²) in [4.78, 5) is 11.6. The van der Waals surface area contributed by atoms with Gasteiger partial charge in [0.1, 0.15) is 0 Å². The molecule has 0 amide bonds. The molecule has 0 aliphatic heterocycles. The molecule has 16 heavy (non-hydrogen) atoms. The predicted molar refractivity (Wildman–Crippen MR) is 65.0 cm³/mol. The van der Waals surface area contributed by atoms with E-state index in [2.05, 4.69) is 0 Å². The molecule has 0 aliphatic carbocycles. The van der Waals surface area contributed by atoms with E-state index < -0.39 is 11.6 Å². The molecule has 0 unspecified atom stereocenters. The Labute approximate surface area is 99.5 Å². The van der Waals surface area contributed by atoms with Crippen LogP contribution >= 0.6 is 11.8 Å². The Bertz CT molecular complexity index is 352. The van der Waals surface area contributed by atoms with E-state index in [4.69, 9.17) is 5.11 Å². The first-order chi connectivity index (χ1) is 7.38. The first-order valence-corrected chi connectivity index (χ1v) is 6.05. The lowest BCUT2D eigenvalue weighted by Crippen LogP contribution is -2.18. The maximum Gasteiger partial charge on any atom is 0.335 e. The molecule has 4 heteroatoms. The van der Waals surface area contributed by atoms with Gasteiger partial charge in [-0.15, -0.1) is 11.8 Å². The van der Waals surface area contributed by atoms with Crippen LogP contribution in [0.2, 0.25) is 0 Å². The summed E-state index contributed by atoms with van der Waals surface area (Å²) in [5.74, 6) is -0.0938. The third kappa shape index (κ3) is 4.68. The Morgan fingerprint density at radius 2 is 1.88 bits per heavy atom. The highest BCUT2D eigenvalue weighted by atomic mass is 32.2. The number of hydrogen-bond acceptors (Lipinski definition) is 3. The molecule has 0 spiro atoms. The van der Waals surface area contributed by atoms with E-state index in [1.807, 2.05) is 0 Å². The van der Waals surface area contributed by atoms with Gasteiger partial charge in [-0.3, -0.25) is 0 Å². The smallest absolute Gasteiger partial charge is 0.335 e. The average molecular weight is 240 g/mol. The van der Waals surface area contributed by atoms with Crippen molar-refractivity contribution in [2.45, 2.75) is 30.8 Å². The van der Waals surface area contributed by atoms with Crippen molar-refractivity contribution in [3.05, 3.63) is 29.8 Å². The van der Waals surface area contributed by atoms with Crippen LogP contribution in [-0.2, 0) is 0 Å². The molecular weight excluding hydrogens is 224 g/mol. The van der Waals surface area contributed by atoms with Crippen LogP contribution in [0.1, 0.15) is 30.6 Å². The number of aliphatic hydroxyl groups is 1. The van der Waals surface area contributed by atoms with Crippen molar-refractivity contribution in [2.75, 3.05) is 5.75 Å². The van der Waals surface area contributed by atoms with Crippen molar-refractivity contribution in [1.82, 2.24) is 0 Å². The fourth-order valence-corrected chi connectivity index (χ4v) is 2.28. The fraction of sp³-hybridized carbons (Fsp3) is 0.417. The van der Waals surface area contributed by atoms with Crippen molar-refractivity contribution >= 4 is 17.7 Å². The number of aromatic carboxylic acids is 1. The van der Waals surface area contributed by atoms with Crippen molar-refractivity contribution < 1.29 is 15.0 Å². The molecule has 0 aliphatic rings. The van der Waals surface area contributed by atoms with Crippen molar-refractivity contribution in [3.8, 4) is 0 Å². The van der Waals surface area contributed by atoms with E-state index in [0.717, 1.165) is 10.6 Å². The monoisotopic (exact) mass is 240 g/mol. The minimum atomic E-state index is -0.909. The summed E-state index contributed by atoms with van der Waals surface area (Å²) in [5.41, 5.74) is -0.347. The third-order valence-electron chi connectivity index (χ3n) is 2.08. The summed E-state index contributed by atoms with van der Waals surface area (Å²) in [6.07, 6.45) is 0.707. The summed E-state index contributed by atoms with van der Waals surface area (Å²) in [6, 6.07) is 6.76. The highest BCUT2D eigenvalue weighted by Crippen LogP contribution is 2.22. The molecule has 0 atom stereocenters. The molecule has 0 radical (unpaired) electrons. The lowest BCUT2D eigenvalue weighted by molar-refractivity contribution is 0.0696. The van der Waals surface area contributed by atoms with E-state index >= 15 is 0 Å². The van der Waals surface area contributed by atoms with Gasteiger partial charge in [0.05, 0.1) is 11.2 Å². The van der Waals surface area contributed by atoms with Gasteiger partial charge < -0.3 is 10.2 Å². The second kappa shape index (κ2) is 5.37. The molecule has 0 bridgehead atoms. The molecule has 1 rings (SSSR count). The van der Waals surface area contributed by atoms with Gasteiger partial charge in [0.2, 0.25) is 0 Å². The summed E-state index contributed by atoms with van der Waals surface area (Å²) in [5, 5.41) is 18.2. The summed E-state index contributed by atoms with van der Waals surface area (Å²) in [6.45, 7) is 3.56. The minimum absolute atomic E-state index is 0.298. The Hall–Kier alpha value is -1.00. The lowest BCUT2D eigenvalue weighted by atomic mass is 10.1. The number of benzene rings is 1. The Morgan fingerprint density at radius 3 is 2.31 bits per heavy atom. The SMILES string of the molecule is CC(C)(O)CCSc1ccc(C(=O)O)cc1. The van der Waals surface area contributed by atoms with Gasteiger partial charge in [-0.1, -0.05) is 0 Å². The number of thioether (sulfide) groups is 1. The fourth-order valence-electron chi connectivity index (χ4n) is 1.11. The van der Waals surface area contributed by atoms with Gasteiger partial charge in [-0.25, -0.2) is 4.79 Å². The van der Waals surface area contributed by atoms with E-state index in [9.17, 15) is 9.90 Å². The molecular formula is C12H16O3S. The van der Waals surface area contributed by atoms with E-state index in [0.29, 0.717) is 12.0 Å². The second-order valence-corrected chi connectivity index (χ2v) is 5.41. The predicted octanol–water partition coefficient (Wildman–Crippen LogP) is 2.64. The van der Waals surface area contributed by atoms with Crippen molar-refractivity contribution in [2.24, 2.45) is 0 Å². The molecule has 0 saturated carbocycles. The first-order valence-electron chi connectivity index (χ1n) is 5.07. The van der Waals surface area contributed by atoms with Crippen LogP contribution in [0.15, 0.2) is 29.2 Å². The zero-order chi connectivity index (χ0) is 12.2. The van der Waals surface area contributed by atoms with Gasteiger partial charge in [0, 0.05) is 10.6 Å². The van der Waals surface area contributed by atoms with Crippen LogP contribution < -0.4 is 0 Å². The molecule has 1 aromatic rings. The number of carboxylic acid groups (broad SMARTS) is 1. The third-order valence-corrected chi connectivity index (χ3v) is 3.10.